The SMILES string of the molecule is CC(C)n1ccc(NC(=O)C2CC2)n1. The summed E-state index contributed by atoms with van der Waals surface area (Å²) in [5.74, 6) is 1.01. The molecule has 0 aromatic carbocycles. The molecule has 1 aromatic rings. The van der Waals surface area contributed by atoms with Gasteiger partial charge in [0.05, 0.1) is 0 Å². The van der Waals surface area contributed by atoms with Crippen LogP contribution in [0.2, 0.25) is 0 Å². The van der Waals surface area contributed by atoms with Crippen LogP contribution in [-0.4, -0.2) is 15.7 Å². The van der Waals surface area contributed by atoms with Crippen molar-refractivity contribution in [2.24, 2.45) is 5.92 Å². The Morgan fingerprint density at radius 2 is 2.36 bits per heavy atom. The van der Waals surface area contributed by atoms with Crippen LogP contribution in [0.15, 0.2) is 12.3 Å². The van der Waals surface area contributed by atoms with Crippen LogP contribution in [0.3, 0.4) is 0 Å². The predicted octanol–water partition coefficient (Wildman–Crippen LogP) is 1.81. The normalized spacial score (nSPS) is 15.9. The van der Waals surface area contributed by atoms with Gasteiger partial charge in [-0.25, -0.2) is 0 Å². The average Bonchev–Trinajstić information content (AvgIpc) is 2.87. The van der Waals surface area contributed by atoms with Gasteiger partial charge in [-0.1, -0.05) is 0 Å². The van der Waals surface area contributed by atoms with E-state index >= 15 is 0 Å². The van der Waals surface area contributed by atoms with E-state index in [9.17, 15) is 4.79 Å². The quantitative estimate of drug-likeness (QED) is 0.795. The van der Waals surface area contributed by atoms with Gasteiger partial charge in [-0.3, -0.25) is 9.48 Å². The van der Waals surface area contributed by atoms with E-state index in [1.807, 2.05) is 16.9 Å². The summed E-state index contributed by atoms with van der Waals surface area (Å²) in [6, 6.07) is 2.17. The highest BCUT2D eigenvalue weighted by Crippen LogP contribution is 2.29. The van der Waals surface area contributed by atoms with E-state index in [0.29, 0.717) is 11.9 Å². The zero-order valence-electron chi connectivity index (χ0n) is 8.53. The fourth-order valence-corrected chi connectivity index (χ4v) is 1.27. The van der Waals surface area contributed by atoms with Gasteiger partial charge >= 0.3 is 0 Å². The smallest absolute Gasteiger partial charge is 0.228 e. The van der Waals surface area contributed by atoms with Crippen molar-refractivity contribution in [2.75, 3.05) is 5.32 Å². The van der Waals surface area contributed by atoms with Gasteiger partial charge < -0.3 is 5.32 Å². The molecule has 0 saturated heterocycles. The lowest BCUT2D eigenvalue weighted by Crippen LogP contribution is -2.14. The van der Waals surface area contributed by atoms with E-state index in [2.05, 4.69) is 24.3 Å². The Bertz CT molecular complexity index is 339. The molecule has 1 aliphatic carbocycles. The van der Waals surface area contributed by atoms with Crippen molar-refractivity contribution in [3.05, 3.63) is 12.3 Å². The fraction of sp³-hybridized carbons (Fsp3) is 0.600. The molecule has 14 heavy (non-hydrogen) atoms. The highest BCUT2D eigenvalue weighted by molar-refractivity contribution is 5.93. The van der Waals surface area contributed by atoms with Gasteiger partial charge in [-0.2, -0.15) is 5.10 Å². The maximum absolute atomic E-state index is 11.4. The van der Waals surface area contributed by atoms with Crippen molar-refractivity contribution in [1.29, 1.82) is 0 Å². The Morgan fingerprint density at radius 1 is 1.64 bits per heavy atom. The second-order valence-electron chi connectivity index (χ2n) is 4.04. The van der Waals surface area contributed by atoms with Crippen LogP contribution in [0.4, 0.5) is 5.82 Å². The molecule has 1 amide bonds. The first-order valence-corrected chi connectivity index (χ1v) is 5.03. The molecular formula is C10H15N3O. The first-order valence-electron chi connectivity index (χ1n) is 5.03. The molecule has 0 spiro atoms. The number of anilines is 1. The van der Waals surface area contributed by atoms with Crippen LogP contribution in [0.5, 0.6) is 0 Å². The number of nitrogens with zero attached hydrogens (tertiary/aromatic N) is 2. The van der Waals surface area contributed by atoms with Crippen LogP contribution in [-0.2, 0) is 4.79 Å². The van der Waals surface area contributed by atoms with E-state index in [1.54, 1.807) is 0 Å². The van der Waals surface area contributed by atoms with Crippen LogP contribution in [0, 0.1) is 5.92 Å². The Balaban J connectivity index is 1.98. The summed E-state index contributed by atoms with van der Waals surface area (Å²) in [6.45, 7) is 4.11. The maximum atomic E-state index is 11.4. The van der Waals surface area contributed by atoms with Crippen molar-refractivity contribution in [1.82, 2.24) is 9.78 Å². The minimum Gasteiger partial charge on any atom is -0.309 e. The van der Waals surface area contributed by atoms with Crippen molar-refractivity contribution in [2.45, 2.75) is 32.7 Å². The van der Waals surface area contributed by atoms with Crippen LogP contribution >= 0.6 is 0 Å². The molecule has 0 bridgehead atoms. The van der Waals surface area contributed by atoms with Gasteiger partial charge in [0.1, 0.15) is 0 Å². The van der Waals surface area contributed by atoms with Crippen molar-refractivity contribution in [3.63, 3.8) is 0 Å². The maximum Gasteiger partial charge on any atom is 0.228 e. The minimum absolute atomic E-state index is 0.110. The molecule has 4 heteroatoms. The first-order chi connectivity index (χ1) is 6.66. The standard InChI is InChI=1S/C10H15N3O/c1-7(2)13-6-5-9(12-13)11-10(14)8-3-4-8/h5-8H,3-4H2,1-2H3,(H,11,12,14). The van der Waals surface area contributed by atoms with Gasteiger partial charge in [0.15, 0.2) is 5.82 Å². The lowest BCUT2D eigenvalue weighted by molar-refractivity contribution is -0.117. The number of carbonyl (C=O) groups is 1. The fourth-order valence-electron chi connectivity index (χ4n) is 1.27. The monoisotopic (exact) mass is 193 g/mol. The molecule has 4 nitrogen and oxygen atoms in total. The van der Waals surface area contributed by atoms with Gasteiger partial charge in [-0.05, 0) is 26.7 Å². The predicted molar refractivity (Wildman–Crippen MR) is 54.0 cm³/mol. The number of amides is 1. The Morgan fingerprint density at radius 3 is 2.86 bits per heavy atom. The van der Waals surface area contributed by atoms with E-state index < -0.39 is 0 Å². The number of carbonyl (C=O) groups excluding carboxylic acids is 1. The molecule has 1 saturated carbocycles. The molecule has 1 aliphatic rings. The third-order valence-corrected chi connectivity index (χ3v) is 2.34. The van der Waals surface area contributed by atoms with E-state index in [-0.39, 0.29) is 11.8 Å². The highest BCUT2D eigenvalue weighted by atomic mass is 16.2. The van der Waals surface area contributed by atoms with Gasteiger partial charge in [0, 0.05) is 24.2 Å². The second kappa shape index (κ2) is 3.44. The summed E-state index contributed by atoms with van der Waals surface area (Å²) in [5, 5.41) is 7.05. The minimum atomic E-state index is 0.110. The lowest BCUT2D eigenvalue weighted by Gasteiger charge is -2.04. The number of rotatable bonds is 3. The third-order valence-electron chi connectivity index (χ3n) is 2.34. The molecule has 0 atom stereocenters. The van der Waals surface area contributed by atoms with Crippen molar-refractivity contribution >= 4 is 11.7 Å². The third kappa shape index (κ3) is 1.95. The largest absolute Gasteiger partial charge is 0.309 e. The van der Waals surface area contributed by atoms with Crippen LogP contribution in [0.25, 0.3) is 0 Å². The molecule has 2 rings (SSSR count). The molecule has 76 valence electrons. The molecule has 1 heterocycles. The number of aromatic nitrogens is 2. The number of hydrogen-bond donors (Lipinski definition) is 1. The Labute approximate surface area is 83.3 Å². The molecule has 0 aliphatic heterocycles. The number of nitrogens with one attached hydrogen (secondary N) is 1. The zero-order valence-corrected chi connectivity index (χ0v) is 8.53. The zero-order chi connectivity index (χ0) is 10.1. The van der Waals surface area contributed by atoms with Crippen molar-refractivity contribution < 1.29 is 4.79 Å². The Hall–Kier alpha value is -1.32. The van der Waals surface area contributed by atoms with Crippen molar-refractivity contribution in [3.8, 4) is 0 Å². The van der Waals surface area contributed by atoms with E-state index in [0.717, 1.165) is 12.8 Å². The topological polar surface area (TPSA) is 46.9 Å². The summed E-state index contributed by atoms with van der Waals surface area (Å²) in [7, 11) is 0. The molecule has 1 aromatic heterocycles. The average molecular weight is 193 g/mol. The summed E-state index contributed by atoms with van der Waals surface area (Å²) in [4.78, 5) is 11.4. The second-order valence-corrected chi connectivity index (χ2v) is 4.04. The highest BCUT2D eigenvalue weighted by Gasteiger charge is 2.29. The lowest BCUT2D eigenvalue weighted by atomic mass is 10.4. The Kier molecular flexibility index (Phi) is 2.27. The van der Waals surface area contributed by atoms with Gasteiger partial charge in [-0.15, -0.1) is 0 Å². The molecule has 0 unspecified atom stereocenters. The van der Waals surface area contributed by atoms with Gasteiger partial charge in [0.25, 0.3) is 0 Å². The van der Waals surface area contributed by atoms with E-state index in [4.69, 9.17) is 0 Å². The number of hydrogen-bond acceptors (Lipinski definition) is 2. The van der Waals surface area contributed by atoms with Crippen LogP contribution in [0.1, 0.15) is 32.7 Å². The summed E-state index contributed by atoms with van der Waals surface area (Å²) < 4.78 is 1.84. The van der Waals surface area contributed by atoms with E-state index in [1.165, 1.54) is 0 Å². The summed E-state index contributed by atoms with van der Waals surface area (Å²) >= 11 is 0. The first kappa shape index (κ1) is 9.24. The molecular weight excluding hydrogens is 178 g/mol. The molecule has 1 fully saturated rings. The molecule has 1 N–H and O–H groups in total. The van der Waals surface area contributed by atoms with Gasteiger partial charge in [0.2, 0.25) is 5.91 Å². The van der Waals surface area contributed by atoms with Crippen LogP contribution < -0.4 is 5.32 Å². The molecule has 0 radical (unpaired) electrons. The summed E-state index contributed by atoms with van der Waals surface area (Å²) in [5.41, 5.74) is 0. The summed E-state index contributed by atoms with van der Waals surface area (Å²) in [6.07, 6.45) is 3.93.